The lowest BCUT2D eigenvalue weighted by Crippen LogP contribution is -2.52. The Labute approximate surface area is 130 Å². The minimum absolute atomic E-state index is 0.0837. The maximum Gasteiger partial charge on any atom is 0.328 e. The Balaban J connectivity index is 1.74. The maximum absolute atomic E-state index is 12.2. The number of amides is 1. The Hall–Kier alpha value is -1.88. The first-order chi connectivity index (χ1) is 10.6. The van der Waals surface area contributed by atoms with E-state index in [0.717, 1.165) is 19.3 Å². The number of carboxylic acids is 1. The minimum Gasteiger partial charge on any atom is -0.480 e. The van der Waals surface area contributed by atoms with Crippen LogP contribution in [0.5, 0.6) is 0 Å². The summed E-state index contributed by atoms with van der Waals surface area (Å²) >= 11 is 0. The predicted octanol–water partition coefficient (Wildman–Crippen LogP) is 2.02. The summed E-state index contributed by atoms with van der Waals surface area (Å²) in [5.41, 5.74) is 2.51. The summed E-state index contributed by atoms with van der Waals surface area (Å²) in [6.07, 6.45) is 3.04. The number of unbranched alkanes of at least 4 members (excludes halogenated alkanes) is 1. The highest BCUT2D eigenvalue weighted by atomic mass is 16.5. The molecule has 0 spiro atoms. The molecule has 0 saturated carbocycles. The van der Waals surface area contributed by atoms with Crippen LogP contribution in [0, 0.1) is 6.92 Å². The third-order valence-corrected chi connectivity index (χ3v) is 3.96. The number of benzene rings is 1. The summed E-state index contributed by atoms with van der Waals surface area (Å²) in [5.74, 6) is -1.08. The zero-order valence-electron chi connectivity index (χ0n) is 13.0. The second kappa shape index (κ2) is 7.94. The summed E-state index contributed by atoms with van der Waals surface area (Å²) in [5, 5.41) is 9.13. The van der Waals surface area contributed by atoms with Crippen molar-refractivity contribution in [3.63, 3.8) is 0 Å². The van der Waals surface area contributed by atoms with Crippen LogP contribution in [0.4, 0.5) is 0 Å². The third kappa shape index (κ3) is 4.56. The van der Waals surface area contributed by atoms with Crippen molar-refractivity contribution >= 4 is 11.9 Å². The SMILES string of the molecule is Cc1ccc(CCCCC(=O)N2CCOC[C@@H]2C(=O)O)cc1. The minimum atomic E-state index is -0.993. The van der Waals surface area contributed by atoms with E-state index in [1.165, 1.54) is 16.0 Å². The number of aryl methyl sites for hydroxylation is 2. The monoisotopic (exact) mass is 305 g/mol. The molecule has 1 saturated heterocycles. The number of ether oxygens (including phenoxy) is 1. The first-order valence-electron chi connectivity index (χ1n) is 7.73. The number of carbonyl (C=O) groups is 2. The number of aliphatic carboxylic acids is 1. The molecular weight excluding hydrogens is 282 g/mol. The van der Waals surface area contributed by atoms with Gasteiger partial charge in [-0.05, 0) is 31.7 Å². The van der Waals surface area contributed by atoms with Crippen LogP contribution in [0.1, 0.15) is 30.4 Å². The summed E-state index contributed by atoms with van der Waals surface area (Å²) in [6, 6.07) is 7.56. The Morgan fingerprint density at radius 2 is 2.00 bits per heavy atom. The average molecular weight is 305 g/mol. The van der Waals surface area contributed by atoms with Gasteiger partial charge in [-0.25, -0.2) is 4.79 Å². The number of morpholine rings is 1. The molecule has 1 N–H and O–H groups in total. The van der Waals surface area contributed by atoms with Gasteiger partial charge in [0.15, 0.2) is 6.04 Å². The van der Waals surface area contributed by atoms with Gasteiger partial charge in [0.05, 0.1) is 13.2 Å². The average Bonchev–Trinajstić information content (AvgIpc) is 2.53. The smallest absolute Gasteiger partial charge is 0.328 e. The van der Waals surface area contributed by atoms with E-state index in [0.29, 0.717) is 19.6 Å². The van der Waals surface area contributed by atoms with E-state index < -0.39 is 12.0 Å². The quantitative estimate of drug-likeness (QED) is 0.817. The van der Waals surface area contributed by atoms with Crippen LogP contribution >= 0.6 is 0 Å². The fraction of sp³-hybridized carbons (Fsp3) is 0.529. The summed E-state index contributed by atoms with van der Waals surface area (Å²) in [6.45, 7) is 2.93. The van der Waals surface area contributed by atoms with Gasteiger partial charge in [0, 0.05) is 13.0 Å². The van der Waals surface area contributed by atoms with Crippen molar-refractivity contribution in [3.05, 3.63) is 35.4 Å². The van der Waals surface area contributed by atoms with Crippen molar-refractivity contribution in [3.8, 4) is 0 Å². The lowest BCUT2D eigenvalue weighted by Gasteiger charge is -2.32. The molecule has 1 heterocycles. The van der Waals surface area contributed by atoms with Gasteiger partial charge >= 0.3 is 5.97 Å². The second-order valence-corrected chi connectivity index (χ2v) is 5.71. The lowest BCUT2D eigenvalue weighted by molar-refractivity contribution is -0.158. The molecule has 1 aliphatic heterocycles. The van der Waals surface area contributed by atoms with Gasteiger partial charge < -0.3 is 14.7 Å². The van der Waals surface area contributed by atoms with Crippen LogP contribution in [-0.4, -0.2) is 47.7 Å². The van der Waals surface area contributed by atoms with E-state index in [1.807, 2.05) is 0 Å². The summed E-state index contributed by atoms with van der Waals surface area (Å²) in [4.78, 5) is 24.8. The highest BCUT2D eigenvalue weighted by Gasteiger charge is 2.32. The van der Waals surface area contributed by atoms with Crippen LogP contribution in [-0.2, 0) is 20.7 Å². The van der Waals surface area contributed by atoms with E-state index in [9.17, 15) is 9.59 Å². The molecule has 1 amide bonds. The summed E-state index contributed by atoms with van der Waals surface area (Å²) in [7, 11) is 0. The summed E-state index contributed by atoms with van der Waals surface area (Å²) < 4.78 is 5.14. The van der Waals surface area contributed by atoms with E-state index in [-0.39, 0.29) is 12.5 Å². The molecule has 22 heavy (non-hydrogen) atoms. The zero-order valence-corrected chi connectivity index (χ0v) is 13.0. The van der Waals surface area contributed by atoms with Crippen LogP contribution in [0.25, 0.3) is 0 Å². The predicted molar refractivity (Wildman–Crippen MR) is 82.7 cm³/mol. The van der Waals surface area contributed by atoms with Crippen molar-refractivity contribution in [1.29, 1.82) is 0 Å². The molecule has 1 atom stereocenters. The lowest BCUT2D eigenvalue weighted by atomic mass is 10.0. The zero-order chi connectivity index (χ0) is 15.9. The second-order valence-electron chi connectivity index (χ2n) is 5.71. The molecule has 5 nitrogen and oxygen atoms in total. The Kier molecular flexibility index (Phi) is 5.95. The van der Waals surface area contributed by atoms with E-state index >= 15 is 0 Å². The van der Waals surface area contributed by atoms with E-state index in [4.69, 9.17) is 9.84 Å². The molecule has 0 radical (unpaired) electrons. The molecule has 1 aromatic carbocycles. The van der Waals surface area contributed by atoms with Crippen molar-refractivity contribution < 1.29 is 19.4 Å². The van der Waals surface area contributed by atoms with Gasteiger partial charge in [0.1, 0.15) is 0 Å². The van der Waals surface area contributed by atoms with Crippen molar-refractivity contribution in [2.45, 2.75) is 38.6 Å². The molecule has 1 fully saturated rings. The number of carbonyl (C=O) groups excluding carboxylic acids is 1. The first kappa shape index (κ1) is 16.5. The Morgan fingerprint density at radius 3 is 2.68 bits per heavy atom. The van der Waals surface area contributed by atoms with Gasteiger partial charge in [-0.2, -0.15) is 0 Å². The topological polar surface area (TPSA) is 66.8 Å². The van der Waals surface area contributed by atoms with Crippen LogP contribution < -0.4 is 0 Å². The Bertz CT molecular complexity index is 512. The van der Waals surface area contributed by atoms with Crippen molar-refractivity contribution in [2.24, 2.45) is 0 Å². The highest BCUT2D eigenvalue weighted by molar-refractivity contribution is 5.83. The van der Waals surface area contributed by atoms with Crippen LogP contribution in [0.3, 0.4) is 0 Å². The van der Waals surface area contributed by atoms with Crippen LogP contribution in [0.15, 0.2) is 24.3 Å². The number of carboxylic acid groups (broad SMARTS) is 1. The number of nitrogens with zero attached hydrogens (tertiary/aromatic N) is 1. The van der Waals surface area contributed by atoms with E-state index in [2.05, 4.69) is 31.2 Å². The fourth-order valence-electron chi connectivity index (χ4n) is 2.61. The van der Waals surface area contributed by atoms with Gasteiger partial charge in [-0.1, -0.05) is 29.8 Å². The fourth-order valence-corrected chi connectivity index (χ4v) is 2.61. The molecule has 1 aliphatic rings. The molecule has 0 bridgehead atoms. The normalized spacial score (nSPS) is 18.2. The molecule has 120 valence electrons. The molecular formula is C17H23NO4. The van der Waals surface area contributed by atoms with Crippen LogP contribution in [0.2, 0.25) is 0 Å². The number of hydrogen-bond donors (Lipinski definition) is 1. The molecule has 0 unspecified atom stereocenters. The highest BCUT2D eigenvalue weighted by Crippen LogP contribution is 2.13. The van der Waals surface area contributed by atoms with Gasteiger partial charge in [0.2, 0.25) is 5.91 Å². The molecule has 2 rings (SSSR count). The van der Waals surface area contributed by atoms with E-state index in [1.54, 1.807) is 0 Å². The van der Waals surface area contributed by atoms with Crippen molar-refractivity contribution in [1.82, 2.24) is 4.90 Å². The first-order valence-corrected chi connectivity index (χ1v) is 7.73. The maximum atomic E-state index is 12.2. The largest absolute Gasteiger partial charge is 0.480 e. The third-order valence-electron chi connectivity index (χ3n) is 3.96. The standard InChI is InChI=1S/C17H23NO4/c1-13-6-8-14(9-7-13)4-2-3-5-16(19)18-10-11-22-12-15(18)17(20)21/h6-9,15H,2-5,10-12H2,1H3,(H,20,21)/t15-/m1/s1. The van der Waals surface area contributed by atoms with Crippen molar-refractivity contribution in [2.75, 3.05) is 19.8 Å². The van der Waals surface area contributed by atoms with Gasteiger partial charge in [-0.3, -0.25) is 4.79 Å². The molecule has 0 aromatic heterocycles. The molecule has 5 heteroatoms. The molecule has 1 aromatic rings. The number of hydrogen-bond acceptors (Lipinski definition) is 3. The number of rotatable bonds is 6. The van der Waals surface area contributed by atoms with Gasteiger partial charge in [0.25, 0.3) is 0 Å². The van der Waals surface area contributed by atoms with Gasteiger partial charge in [-0.15, -0.1) is 0 Å². The molecule has 0 aliphatic carbocycles. The Morgan fingerprint density at radius 1 is 1.27 bits per heavy atom.